The number of methoxy groups -OCH3 is 1. The van der Waals surface area contributed by atoms with E-state index in [9.17, 15) is 4.79 Å². The molecule has 102 valence electrons. The first kappa shape index (κ1) is 15.1. The van der Waals surface area contributed by atoms with E-state index in [-0.39, 0.29) is 11.5 Å². The van der Waals surface area contributed by atoms with Gasteiger partial charge in [0.15, 0.2) is 0 Å². The van der Waals surface area contributed by atoms with Crippen LogP contribution in [0.4, 0.5) is 11.4 Å². The van der Waals surface area contributed by atoms with E-state index in [1.807, 2.05) is 0 Å². The highest BCUT2D eigenvalue weighted by Gasteiger charge is 2.06. The van der Waals surface area contributed by atoms with Crippen LogP contribution in [-0.4, -0.2) is 13.0 Å². The average Bonchev–Trinajstić information content (AvgIpc) is 2.49. The van der Waals surface area contributed by atoms with Crippen molar-refractivity contribution in [2.75, 3.05) is 17.7 Å². The molecule has 0 fully saturated rings. The van der Waals surface area contributed by atoms with Crippen molar-refractivity contribution in [1.29, 1.82) is 10.5 Å². The molecule has 2 N–H and O–H groups in total. The van der Waals surface area contributed by atoms with Crippen molar-refractivity contribution in [3.63, 3.8) is 0 Å². The summed E-state index contributed by atoms with van der Waals surface area (Å²) in [4.78, 5) is 11.4. The quantitative estimate of drug-likeness (QED) is 0.800. The molecule has 20 heavy (non-hydrogen) atoms. The van der Waals surface area contributed by atoms with Crippen LogP contribution in [0.3, 0.4) is 0 Å². The number of rotatable bonds is 5. The standard InChI is InChI=1S/C14H14N4O2/c1-3-14(19)18-12-5-4-11(20-2)6-13(12)17-9-10(7-15)8-16/h4-6,9,17H,3H2,1-2H3,(H,18,19). The molecule has 0 bridgehead atoms. The normalized spacial score (nSPS) is 8.80. The number of carbonyl (C=O) groups excluding carboxylic acids is 1. The zero-order valence-corrected chi connectivity index (χ0v) is 11.2. The summed E-state index contributed by atoms with van der Waals surface area (Å²) in [6.45, 7) is 1.75. The molecule has 0 aliphatic heterocycles. The Morgan fingerprint density at radius 3 is 2.60 bits per heavy atom. The van der Waals surface area contributed by atoms with Gasteiger partial charge in [0.2, 0.25) is 5.91 Å². The van der Waals surface area contributed by atoms with E-state index in [4.69, 9.17) is 15.3 Å². The molecule has 1 aromatic rings. The van der Waals surface area contributed by atoms with E-state index in [2.05, 4.69) is 10.6 Å². The van der Waals surface area contributed by atoms with E-state index in [0.29, 0.717) is 23.5 Å². The number of amides is 1. The summed E-state index contributed by atoms with van der Waals surface area (Å²) in [5.74, 6) is 0.453. The first-order chi connectivity index (χ1) is 9.64. The number of hydrogen-bond acceptors (Lipinski definition) is 5. The maximum Gasteiger partial charge on any atom is 0.224 e. The van der Waals surface area contributed by atoms with Gasteiger partial charge in [0.1, 0.15) is 23.5 Å². The summed E-state index contributed by atoms with van der Waals surface area (Å²) in [6.07, 6.45) is 1.62. The van der Waals surface area contributed by atoms with E-state index < -0.39 is 0 Å². The molecule has 0 aliphatic carbocycles. The van der Waals surface area contributed by atoms with Gasteiger partial charge in [0.25, 0.3) is 0 Å². The van der Waals surface area contributed by atoms with Gasteiger partial charge in [-0.3, -0.25) is 4.79 Å². The first-order valence-corrected chi connectivity index (χ1v) is 5.89. The summed E-state index contributed by atoms with van der Waals surface area (Å²) in [5, 5.41) is 22.9. The monoisotopic (exact) mass is 270 g/mol. The van der Waals surface area contributed by atoms with E-state index in [1.54, 1.807) is 37.3 Å². The molecule has 0 radical (unpaired) electrons. The van der Waals surface area contributed by atoms with Crippen LogP contribution < -0.4 is 15.4 Å². The number of allylic oxidation sites excluding steroid dienone is 1. The fraction of sp³-hybridized carbons (Fsp3) is 0.214. The third-order valence-electron chi connectivity index (χ3n) is 2.43. The molecule has 6 heteroatoms. The Morgan fingerprint density at radius 1 is 1.35 bits per heavy atom. The van der Waals surface area contributed by atoms with E-state index >= 15 is 0 Å². The van der Waals surface area contributed by atoms with Gasteiger partial charge in [-0.05, 0) is 12.1 Å². The number of ether oxygens (including phenoxy) is 1. The molecule has 0 saturated heterocycles. The Labute approximate surface area is 117 Å². The second-order valence-electron chi connectivity index (χ2n) is 3.74. The zero-order valence-electron chi connectivity index (χ0n) is 11.2. The average molecular weight is 270 g/mol. The minimum Gasteiger partial charge on any atom is -0.497 e. The predicted molar refractivity (Wildman–Crippen MR) is 74.8 cm³/mol. The Bertz CT molecular complexity index is 593. The lowest BCUT2D eigenvalue weighted by Crippen LogP contribution is -2.11. The molecular weight excluding hydrogens is 256 g/mol. The first-order valence-electron chi connectivity index (χ1n) is 5.89. The maximum atomic E-state index is 11.4. The highest BCUT2D eigenvalue weighted by molar-refractivity contribution is 5.94. The van der Waals surface area contributed by atoms with Crippen molar-refractivity contribution >= 4 is 17.3 Å². The van der Waals surface area contributed by atoms with E-state index in [1.165, 1.54) is 13.3 Å². The van der Waals surface area contributed by atoms with Crippen molar-refractivity contribution in [3.05, 3.63) is 30.0 Å². The molecule has 6 nitrogen and oxygen atoms in total. The molecule has 1 aromatic carbocycles. The minimum absolute atomic E-state index is 0.0689. The van der Waals surface area contributed by atoms with Gasteiger partial charge >= 0.3 is 0 Å². The number of nitrogens with zero attached hydrogens (tertiary/aromatic N) is 2. The maximum absolute atomic E-state index is 11.4. The topological polar surface area (TPSA) is 97.9 Å². The molecule has 0 heterocycles. The molecule has 1 amide bonds. The fourth-order valence-corrected chi connectivity index (χ4v) is 1.36. The Balaban J connectivity index is 3.07. The van der Waals surface area contributed by atoms with Gasteiger partial charge in [0.05, 0.1) is 18.5 Å². The second kappa shape index (κ2) is 7.45. The van der Waals surface area contributed by atoms with Crippen LogP contribution in [-0.2, 0) is 4.79 Å². The number of anilines is 2. The molecule has 0 atom stereocenters. The Morgan fingerprint density at radius 2 is 2.05 bits per heavy atom. The molecule has 0 aliphatic rings. The van der Waals surface area contributed by atoms with Crippen molar-refractivity contribution in [3.8, 4) is 17.9 Å². The number of carbonyl (C=O) groups is 1. The lowest BCUT2D eigenvalue weighted by Gasteiger charge is -2.12. The van der Waals surface area contributed by atoms with Gasteiger partial charge in [0, 0.05) is 18.7 Å². The molecule has 0 saturated carbocycles. The Hall–Kier alpha value is -2.99. The Kier molecular flexibility index (Phi) is 5.61. The van der Waals surface area contributed by atoms with Gasteiger partial charge in [-0.1, -0.05) is 6.92 Å². The minimum atomic E-state index is -0.136. The number of nitrogens with one attached hydrogen (secondary N) is 2. The van der Waals surface area contributed by atoms with Crippen LogP contribution in [0.1, 0.15) is 13.3 Å². The van der Waals surface area contributed by atoms with Gasteiger partial charge in [-0.15, -0.1) is 0 Å². The van der Waals surface area contributed by atoms with Crippen LogP contribution in [0.5, 0.6) is 5.75 Å². The van der Waals surface area contributed by atoms with Gasteiger partial charge < -0.3 is 15.4 Å². The van der Waals surface area contributed by atoms with Crippen LogP contribution in [0.15, 0.2) is 30.0 Å². The zero-order chi connectivity index (χ0) is 15.0. The van der Waals surface area contributed by atoms with Crippen molar-refractivity contribution < 1.29 is 9.53 Å². The number of nitriles is 2. The summed E-state index contributed by atoms with van der Waals surface area (Å²) in [7, 11) is 1.52. The van der Waals surface area contributed by atoms with Crippen LogP contribution in [0, 0.1) is 22.7 Å². The van der Waals surface area contributed by atoms with Crippen molar-refractivity contribution in [1.82, 2.24) is 0 Å². The third-order valence-corrected chi connectivity index (χ3v) is 2.43. The van der Waals surface area contributed by atoms with Crippen LogP contribution in [0.2, 0.25) is 0 Å². The van der Waals surface area contributed by atoms with E-state index in [0.717, 1.165) is 0 Å². The van der Waals surface area contributed by atoms with Gasteiger partial charge in [-0.2, -0.15) is 10.5 Å². The molecular formula is C14H14N4O2. The number of benzene rings is 1. The highest BCUT2D eigenvalue weighted by atomic mass is 16.5. The van der Waals surface area contributed by atoms with Crippen LogP contribution in [0.25, 0.3) is 0 Å². The molecule has 0 spiro atoms. The SMILES string of the molecule is CCC(=O)Nc1ccc(OC)cc1NC=C(C#N)C#N. The predicted octanol–water partition coefficient (Wildman–Crippen LogP) is 2.39. The van der Waals surface area contributed by atoms with Crippen molar-refractivity contribution in [2.24, 2.45) is 0 Å². The fourth-order valence-electron chi connectivity index (χ4n) is 1.36. The largest absolute Gasteiger partial charge is 0.497 e. The summed E-state index contributed by atoms with van der Waals surface area (Å²) in [5.41, 5.74) is 1.01. The molecule has 1 rings (SSSR count). The van der Waals surface area contributed by atoms with Crippen LogP contribution >= 0.6 is 0 Å². The van der Waals surface area contributed by atoms with Crippen molar-refractivity contribution in [2.45, 2.75) is 13.3 Å². The third kappa shape index (κ3) is 4.04. The van der Waals surface area contributed by atoms with Gasteiger partial charge in [-0.25, -0.2) is 0 Å². The molecule has 0 unspecified atom stereocenters. The summed E-state index contributed by atoms with van der Waals surface area (Å²) in [6, 6.07) is 8.53. The highest BCUT2D eigenvalue weighted by Crippen LogP contribution is 2.27. The second-order valence-corrected chi connectivity index (χ2v) is 3.74. The number of hydrogen-bond donors (Lipinski definition) is 2. The summed E-state index contributed by atoms with van der Waals surface area (Å²) >= 11 is 0. The summed E-state index contributed by atoms with van der Waals surface area (Å²) < 4.78 is 5.10. The lowest BCUT2D eigenvalue weighted by molar-refractivity contribution is -0.115. The smallest absolute Gasteiger partial charge is 0.224 e. The lowest BCUT2D eigenvalue weighted by atomic mass is 10.2. The molecule has 0 aromatic heterocycles.